The topological polar surface area (TPSA) is 39.2 Å². The van der Waals surface area contributed by atoms with Crippen LogP contribution in [-0.4, -0.2) is 11.3 Å². The molecule has 0 unspecified atom stereocenters. The van der Waals surface area contributed by atoms with Gasteiger partial charge in [0.15, 0.2) is 0 Å². The molecule has 0 aliphatic rings. The Morgan fingerprint density at radius 3 is 2.52 bits per heavy atom. The smallest absolute Gasteiger partial charge is 0.150 e. The van der Waals surface area contributed by atoms with E-state index in [1.807, 2.05) is 66.7 Å². The molecule has 0 spiro atoms. The number of para-hydroxylation sites is 1. The zero-order chi connectivity index (χ0) is 18.5. The Morgan fingerprint density at radius 2 is 1.63 bits per heavy atom. The molecule has 3 heteroatoms. The third-order valence-corrected chi connectivity index (χ3v) is 4.44. The fourth-order valence-corrected chi connectivity index (χ4v) is 3.10. The number of carbonyl (C=O) groups excluding carboxylic acids is 1. The summed E-state index contributed by atoms with van der Waals surface area (Å²) < 4.78 is 5.95. The fourth-order valence-electron chi connectivity index (χ4n) is 3.10. The molecule has 0 saturated carbocycles. The van der Waals surface area contributed by atoms with Crippen molar-refractivity contribution in [2.45, 2.75) is 13.0 Å². The Bertz CT molecular complexity index is 1090. The fraction of sp³-hybridized carbons (Fsp3) is 0.0833. The summed E-state index contributed by atoms with van der Waals surface area (Å²) in [5.41, 5.74) is 4.82. The van der Waals surface area contributed by atoms with Crippen molar-refractivity contribution in [2.75, 3.05) is 0 Å². The highest BCUT2D eigenvalue weighted by Crippen LogP contribution is 2.19. The van der Waals surface area contributed by atoms with E-state index in [2.05, 4.69) is 23.2 Å². The standard InChI is InChI=1S/C24H19NO2/c26-16-20-7-3-5-18(14-20)13-19-6-4-9-23(15-19)27-17-22-12-11-21-8-1-2-10-24(21)25-22/h1-12,14-16H,13,17H2. The number of carbonyl (C=O) groups is 1. The minimum Gasteiger partial charge on any atom is -0.487 e. The van der Waals surface area contributed by atoms with E-state index >= 15 is 0 Å². The summed E-state index contributed by atoms with van der Waals surface area (Å²) in [4.78, 5) is 15.6. The summed E-state index contributed by atoms with van der Waals surface area (Å²) >= 11 is 0. The van der Waals surface area contributed by atoms with Crippen molar-refractivity contribution in [1.82, 2.24) is 4.98 Å². The van der Waals surface area contributed by atoms with Gasteiger partial charge in [0.1, 0.15) is 18.6 Å². The van der Waals surface area contributed by atoms with E-state index in [1.165, 1.54) is 0 Å². The van der Waals surface area contributed by atoms with Gasteiger partial charge in [0.2, 0.25) is 0 Å². The molecule has 1 heterocycles. The van der Waals surface area contributed by atoms with Crippen LogP contribution in [-0.2, 0) is 13.0 Å². The van der Waals surface area contributed by atoms with Crippen LogP contribution in [0.25, 0.3) is 10.9 Å². The van der Waals surface area contributed by atoms with Gasteiger partial charge in [-0.15, -0.1) is 0 Å². The maximum Gasteiger partial charge on any atom is 0.150 e. The first kappa shape index (κ1) is 17.0. The minimum atomic E-state index is 0.426. The van der Waals surface area contributed by atoms with E-state index in [-0.39, 0.29) is 0 Å². The van der Waals surface area contributed by atoms with E-state index in [4.69, 9.17) is 4.74 Å². The van der Waals surface area contributed by atoms with Crippen LogP contribution in [0.5, 0.6) is 5.75 Å². The summed E-state index contributed by atoms with van der Waals surface area (Å²) in [5, 5.41) is 1.13. The molecule has 0 aliphatic carbocycles. The van der Waals surface area contributed by atoms with Crippen LogP contribution in [0.3, 0.4) is 0 Å². The first-order valence-electron chi connectivity index (χ1n) is 8.91. The van der Waals surface area contributed by atoms with Gasteiger partial charge in [-0.05, 0) is 47.9 Å². The molecule has 0 saturated heterocycles. The zero-order valence-corrected chi connectivity index (χ0v) is 14.8. The molecule has 0 aliphatic heterocycles. The monoisotopic (exact) mass is 353 g/mol. The summed E-state index contributed by atoms with van der Waals surface area (Å²) in [5.74, 6) is 0.814. The number of pyridine rings is 1. The molecule has 4 rings (SSSR count). The maximum absolute atomic E-state index is 10.9. The van der Waals surface area contributed by atoms with Gasteiger partial charge in [-0.2, -0.15) is 0 Å². The van der Waals surface area contributed by atoms with Crippen LogP contribution >= 0.6 is 0 Å². The molecule has 0 fully saturated rings. The molecule has 1 aromatic heterocycles. The van der Waals surface area contributed by atoms with Gasteiger partial charge in [-0.1, -0.05) is 54.6 Å². The highest BCUT2D eigenvalue weighted by molar-refractivity contribution is 5.78. The van der Waals surface area contributed by atoms with Crippen LogP contribution < -0.4 is 4.74 Å². The number of nitrogens with zero attached hydrogens (tertiary/aromatic N) is 1. The molecule has 132 valence electrons. The predicted octanol–water partition coefficient (Wildman–Crippen LogP) is 5.22. The lowest BCUT2D eigenvalue weighted by molar-refractivity contribution is 0.112. The lowest BCUT2D eigenvalue weighted by Gasteiger charge is -2.09. The molecule has 0 atom stereocenters. The number of aromatic nitrogens is 1. The van der Waals surface area contributed by atoms with Crippen molar-refractivity contribution in [3.63, 3.8) is 0 Å². The molecule has 4 aromatic rings. The highest BCUT2D eigenvalue weighted by atomic mass is 16.5. The first-order chi connectivity index (χ1) is 13.3. The molecule has 0 N–H and O–H groups in total. The lowest BCUT2D eigenvalue weighted by Crippen LogP contribution is -1.99. The van der Waals surface area contributed by atoms with Crippen molar-refractivity contribution in [3.05, 3.63) is 107 Å². The van der Waals surface area contributed by atoms with Gasteiger partial charge in [-0.3, -0.25) is 4.79 Å². The van der Waals surface area contributed by atoms with Crippen molar-refractivity contribution in [2.24, 2.45) is 0 Å². The number of aldehydes is 1. The number of hydrogen-bond acceptors (Lipinski definition) is 3. The lowest BCUT2D eigenvalue weighted by atomic mass is 10.0. The highest BCUT2D eigenvalue weighted by Gasteiger charge is 2.03. The second-order valence-corrected chi connectivity index (χ2v) is 6.47. The Balaban J connectivity index is 1.46. The van der Waals surface area contributed by atoms with Crippen LogP contribution in [0.2, 0.25) is 0 Å². The SMILES string of the molecule is O=Cc1cccc(Cc2cccc(OCc3ccc4ccccc4n3)c2)c1. The van der Waals surface area contributed by atoms with E-state index in [0.717, 1.165) is 46.2 Å². The summed E-state index contributed by atoms with van der Waals surface area (Å²) in [6, 6.07) is 27.8. The Hall–Kier alpha value is -3.46. The van der Waals surface area contributed by atoms with Crippen LogP contribution in [0.15, 0.2) is 84.9 Å². The van der Waals surface area contributed by atoms with Crippen LogP contribution in [0.4, 0.5) is 0 Å². The molecule has 3 nitrogen and oxygen atoms in total. The largest absolute Gasteiger partial charge is 0.487 e. The molecule has 0 radical (unpaired) electrons. The summed E-state index contributed by atoms with van der Waals surface area (Å²) in [6.07, 6.45) is 1.63. The van der Waals surface area contributed by atoms with E-state index in [0.29, 0.717) is 12.2 Å². The maximum atomic E-state index is 10.9. The van der Waals surface area contributed by atoms with Crippen molar-refractivity contribution >= 4 is 17.2 Å². The Morgan fingerprint density at radius 1 is 0.815 bits per heavy atom. The normalized spacial score (nSPS) is 10.7. The van der Waals surface area contributed by atoms with Crippen molar-refractivity contribution < 1.29 is 9.53 Å². The van der Waals surface area contributed by atoms with Gasteiger partial charge in [0.05, 0.1) is 11.2 Å². The third kappa shape index (κ3) is 4.21. The van der Waals surface area contributed by atoms with Crippen molar-refractivity contribution in [3.8, 4) is 5.75 Å². The number of rotatable bonds is 6. The van der Waals surface area contributed by atoms with Crippen LogP contribution in [0.1, 0.15) is 27.2 Å². The average molecular weight is 353 g/mol. The third-order valence-electron chi connectivity index (χ3n) is 4.44. The van der Waals surface area contributed by atoms with Gasteiger partial charge < -0.3 is 4.74 Å². The molecule has 0 bridgehead atoms. The Kier molecular flexibility index (Phi) is 4.93. The number of benzene rings is 3. The number of hydrogen-bond donors (Lipinski definition) is 0. The van der Waals surface area contributed by atoms with Gasteiger partial charge in [0, 0.05) is 10.9 Å². The second-order valence-electron chi connectivity index (χ2n) is 6.47. The first-order valence-corrected chi connectivity index (χ1v) is 8.91. The summed E-state index contributed by atoms with van der Waals surface area (Å²) in [7, 11) is 0. The zero-order valence-electron chi connectivity index (χ0n) is 14.8. The molecule has 3 aromatic carbocycles. The molecule has 27 heavy (non-hydrogen) atoms. The second kappa shape index (κ2) is 7.83. The van der Waals surface area contributed by atoms with Gasteiger partial charge >= 0.3 is 0 Å². The van der Waals surface area contributed by atoms with Crippen molar-refractivity contribution in [1.29, 1.82) is 0 Å². The number of ether oxygens (including phenoxy) is 1. The van der Waals surface area contributed by atoms with E-state index < -0.39 is 0 Å². The van der Waals surface area contributed by atoms with Crippen LogP contribution in [0, 0.1) is 0 Å². The molecular weight excluding hydrogens is 334 g/mol. The number of fused-ring (bicyclic) bond motifs is 1. The Labute approximate surface area is 158 Å². The summed E-state index contributed by atoms with van der Waals surface area (Å²) in [6.45, 7) is 0.426. The quantitative estimate of drug-likeness (QED) is 0.446. The van der Waals surface area contributed by atoms with Gasteiger partial charge in [-0.25, -0.2) is 4.98 Å². The molecular formula is C24H19NO2. The van der Waals surface area contributed by atoms with E-state index in [1.54, 1.807) is 0 Å². The van der Waals surface area contributed by atoms with Gasteiger partial charge in [0.25, 0.3) is 0 Å². The minimum absolute atomic E-state index is 0.426. The average Bonchev–Trinajstić information content (AvgIpc) is 2.72. The molecule has 0 amide bonds. The van der Waals surface area contributed by atoms with E-state index in [9.17, 15) is 4.79 Å². The predicted molar refractivity (Wildman–Crippen MR) is 107 cm³/mol.